The standard InChI is InChI=1S/C11H11N5S/c1-8-9(6-12-11-15-13-7-17-11)16-5-3-2-4-10(16)14-8/h2-5,7H,6H2,1H3,(H,12,15). The van der Waals surface area contributed by atoms with Crippen LogP contribution in [0.2, 0.25) is 0 Å². The SMILES string of the molecule is Cc1nc2ccccn2c1CNc1nncs1. The number of hydrogen-bond donors (Lipinski definition) is 1. The molecule has 0 aliphatic rings. The summed E-state index contributed by atoms with van der Waals surface area (Å²) in [6, 6.07) is 5.99. The highest BCUT2D eigenvalue weighted by Crippen LogP contribution is 2.15. The Labute approximate surface area is 102 Å². The largest absolute Gasteiger partial charge is 0.354 e. The van der Waals surface area contributed by atoms with Gasteiger partial charge in [0.2, 0.25) is 5.13 Å². The summed E-state index contributed by atoms with van der Waals surface area (Å²) in [5.74, 6) is 0. The Morgan fingerprint density at radius 3 is 3.18 bits per heavy atom. The third kappa shape index (κ3) is 1.87. The second-order valence-corrected chi connectivity index (χ2v) is 4.50. The molecule has 0 unspecified atom stereocenters. The number of rotatable bonds is 3. The summed E-state index contributed by atoms with van der Waals surface area (Å²) in [5, 5.41) is 11.8. The normalized spacial score (nSPS) is 10.9. The van der Waals surface area contributed by atoms with Crippen LogP contribution < -0.4 is 5.32 Å². The van der Waals surface area contributed by atoms with E-state index in [1.54, 1.807) is 5.51 Å². The summed E-state index contributed by atoms with van der Waals surface area (Å²) in [5.41, 5.74) is 4.87. The van der Waals surface area contributed by atoms with Gasteiger partial charge in [-0.15, -0.1) is 10.2 Å². The molecule has 0 aliphatic carbocycles. The number of aromatic nitrogens is 4. The maximum absolute atomic E-state index is 4.50. The first-order chi connectivity index (χ1) is 8.34. The van der Waals surface area contributed by atoms with Crippen LogP contribution in [0.4, 0.5) is 5.13 Å². The van der Waals surface area contributed by atoms with Gasteiger partial charge >= 0.3 is 0 Å². The smallest absolute Gasteiger partial charge is 0.205 e. The molecule has 0 amide bonds. The number of fused-ring (bicyclic) bond motifs is 1. The summed E-state index contributed by atoms with van der Waals surface area (Å²) in [4.78, 5) is 4.50. The molecule has 0 fully saturated rings. The van der Waals surface area contributed by atoms with Gasteiger partial charge in [0.1, 0.15) is 11.2 Å². The fourth-order valence-corrected chi connectivity index (χ4v) is 2.23. The maximum Gasteiger partial charge on any atom is 0.205 e. The van der Waals surface area contributed by atoms with Crippen LogP contribution in [0.5, 0.6) is 0 Å². The predicted molar refractivity (Wildman–Crippen MR) is 67.2 cm³/mol. The molecule has 0 aliphatic heterocycles. The molecule has 3 aromatic rings. The number of aryl methyl sites for hydroxylation is 1. The Bertz CT molecular complexity index is 628. The fourth-order valence-electron chi connectivity index (χ4n) is 1.79. The van der Waals surface area contributed by atoms with Crippen LogP contribution in [0.1, 0.15) is 11.4 Å². The maximum atomic E-state index is 4.50. The van der Waals surface area contributed by atoms with E-state index in [1.807, 2.05) is 31.3 Å². The van der Waals surface area contributed by atoms with Crippen molar-refractivity contribution in [2.45, 2.75) is 13.5 Å². The van der Waals surface area contributed by atoms with Crippen LogP contribution in [0.15, 0.2) is 29.9 Å². The summed E-state index contributed by atoms with van der Waals surface area (Å²) in [6.07, 6.45) is 2.02. The molecule has 0 atom stereocenters. The summed E-state index contributed by atoms with van der Waals surface area (Å²) < 4.78 is 2.09. The number of hydrogen-bond acceptors (Lipinski definition) is 5. The lowest BCUT2D eigenvalue weighted by Crippen LogP contribution is -2.03. The van der Waals surface area contributed by atoms with Crippen molar-refractivity contribution in [3.63, 3.8) is 0 Å². The lowest BCUT2D eigenvalue weighted by molar-refractivity contribution is 0.971. The Morgan fingerprint density at radius 1 is 1.41 bits per heavy atom. The molecule has 6 heteroatoms. The molecule has 17 heavy (non-hydrogen) atoms. The minimum atomic E-state index is 0.701. The lowest BCUT2D eigenvalue weighted by atomic mass is 10.3. The van der Waals surface area contributed by atoms with Crippen molar-refractivity contribution in [2.75, 3.05) is 5.32 Å². The number of imidazole rings is 1. The van der Waals surface area contributed by atoms with Gasteiger partial charge in [-0.05, 0) is 19.1 Å². The van der Waals surface area contributed by atoms with Crippen molar-refractivity contribution in [3.05, 3.63) is 41.3 Å². The monoisotopic (exact) mass is 245 g/mol. The first-order valence-electron chi connectivity index (χ1n) is 5.27. The van der Waals surface area contributed by atoms with E-state index in [0.29, 0.717) is 6.54 Å². The zero-order valence-corrected chi connectivity index (χ0v) is 10.1. The summed E-state index contributed by atoms with van der Waals surface area (Å²) >= 11 is 1.49. The van der Waals surface area contributed by atoms with Crippen LogP contribution in [0, 0.1) is 6.92 Å². The fraction of sp³-hybridized carbons (Fsp3) is 0.182. The minimum Gasteiger partial charge on any atom is -0.354 e. The molecule has 3 heterocycles. The Hall–Kier alpha value is -1.95. The molecule has 3 rings (SSSR count). The van der Waals surface area contributed by atoms with Gasteiger partial charge in [-0.1, -0.05) is 17.4 Å². The number of pyridine rings is 1. The molecule has 3 aromatic heterocycles. The van der Waals surface area contributed by atoms with Gasteiger partial charge in [-0.3, -0.25) is 0 Å². The van der Waals surface area contributed by atoms with E-state index in [2.05, 4.69) is 24.9 Å². The Kier molecular flexibility index (Phi) is 2.49. The van der Waals surface area contributed by atoms with E-state index in [-0.39, 0.29) is 0 Å². The molecule has 0 bridgehead atoms. The van der Waals surface area contributed by atoms with Gasteiger partial charge < -0.3 is 9.72 Å². The molecule has 0 saturated carbocycles. The van der Waals surface area contributed by atoms with Gasteiger partial charge in [0, 0.05) is 6.20 Å². The first kappa shape index (κ1) is 10.2. The predicted octanol–water partition coefficient (Wildman–Crippen LogP) is 2.11. The van der Waals surface area contributed by atoms with E-state index in [1.165, 1.54) is 11.3 Å². The molecule has 86 valence electrons. The number of anilines is 1. The van der Waals surface area contributed by atoms with Crippen LogP contribution in [-0.4, -0.2) is 19.6 Å². The second-order valence-electron chi connectivity index (χ2n) is 3.67. The van der Waals surface area contributed by atoms with E-state index >= 15 is 0 Å². The molecule has 0 saturated heterocycles. The van der Waals surface area contributed by atoms with Crippen LogP contribution >= 0.6 is 11.3 Å². The van der Waals surface area contributed by atoms with Crippen molar-refractivity contribution in [3.8, 4) is 0 Å². The average molecular weight is 245 g/mol. The second kappa shape index (κ2) is 4.14. The molecule has 0 aromatic carbocycles. The van der Waals surface area contributed by atoms with Gasteiger partial charge in [-0.2, -0.15) is 0 Å². The Balaban J connectivity index is 1.92. The van der Waals surface area contributed by atoms with Gasteiger partial charge in [0.15, 0.2) is 0 Å². The van der Waals surface area contributed by atoms with Gasteiger partial charge in [-0.25, -0.2) is 4.98 Å². The molecule has 0 radical (unpaired) electrons. The highest BCUT2D eigenvalue weighted by Gasteiger charge is 2.08. The van der Waals surface area contributed by atoms with Crippen LogP contribution in [0.3, 0.4) is 0 Å². The van der Waals surface area contributed by atoms with Crippen molar-refractivity contribution in [1.82, 2.24) is 19.6 Å². The highest BCUT2D eigenvalue weighted by atomic mass is 32.1. The van der Waals surface area contributed by atoms with Crippen molar-refractivity contribution in [1.29, 1.82) is 0 Å². The minimum absolute atomic E-state index is 0.701. The summed E-state index contributed by atoms with van der Waals surface area (Å²) in [7, 11) is 0. The average Bonchev–Trinajstić information content (AvgIpc) is 2.93. The van der Waals surface area contributed by atoms with E-state index in [4.69, 9.17) is 0 Å². The first-order valence-corrected chi connectivity index (χ1v) is 6.15. The van der Waals surface area contributed by atoms with Crippen molar-refractivity contribution in [2.24, 2.45) is 0 Å². The molecule has 1 N–H and O–H groups in total. The topological polar surface area (TPSA) is 55.1 Å². The van der Waals surface area contributed by atoms with Gasteiger partial charge in [0.05, 0.1) is 17.9 Å². The molecular weight excluding hydrogens is 234 g/mol. The Morgan fingerprint density at radius 2 is 2.35 bits per heavy atom. The van der Waals surface area contributed by atoms with Gasteiger partial charge in [0.25, 0.3) is 0 Å². The van der Waals surface area contributed by atoms with Crippen molar-refractivity contribution < 1.29 is 0 Å². The van der Waals surface area contributed by atoms with Crippen molar-refractivity contribution >= 4 is 22.1 Å². The lowest BCUT2D eigenvalue weighted by Gasteiger charge is -2.03. The zero-order valence-electron chi connectivity index (χ0n) is 9.29. The molecular formula is C11H11N5S. The zero-order chi connectivity index (χ0) is 11.7. The van der Waals surface area contributed by atoms with E-state index < -0.39 is 0 Å². The molecule has 0 spiro atoms. The molecule has 5 nitrogen and oxygen atoms in total. The highest BCUT2D eigenvalue weighted by molar-refractivity contribution is 7.13. The van der Waals surface area contributed by atoms with E-state index in [9.17, 15) is 0 Å². The number of nitrogens with one attached hydrogen (secondary N) is 1. The van der Waals surface area contributed by atoms with E-state index in [0.717, 1.165) is 22.2 Å². The summed E-state index contributed by atoms with van der Waals surface area (Å²) in [6.45, 7) is 2.72. The third-order valence-corrected chi connectivity index (χ3v) is 3.25. The quantitative estimate of drug-likeness (QED) is 0.767. The van der Waals surface area contributed by atoms with Crippen LogP contribution in [-0.2, 0) is 6.54 Å². The third-order valence-electron chi connectivity index (χ3n) is 2.60. The number of nitrogens with zero attached hydrogens (tertiary/aromatic N) is 4. The van der Waals surface area contributed by atoms with Crippen LogP contribution in [0.25, 0.3) is 5.65 Å².